The fourth-order valence-electron chi connectivity index (χ4n) is 1.99. The summed E-state index contributed by atoms with van der Waals surface area (Å²) in [6, 6.07) is 4.42. The Morgan fingerprint density at radius 1 is 1.35 bits per heavy atom. The highest BCUT2D eigenvalue weighted by atomic mass is 19.1. The first kappa shape index (κ1) is 16.4. The van der Waals surface area contributed by atoms with Crippen LogP contribution in [0.1, 0.15) is 38.3 Å². The third-order valence-corrected chi connectivity index (χ3v) is 2.74. The Bertz CT molecular complexity index is 481. The summed E-state index contributed by atoms with van der Waals surface area (Å²) in [5, 5.41) is 8.57. The number of benzene rings is 1. The predicted molar refractivity (Wildman–Crippen MR) is 76.8 cm³/mol. The summed E-state index contributed by atoms with van der Waals surface area (Å²) in [5.74, 6) is -0.906. The Hall–Kier alpha value is -1.68. The fourth-order valence-corrected chi connectivity index (χ4v) is 1.99. The molecule has 1 unspecified atom stereocenters. The van der Waals surface area contributed by atoms with E-state index < -0.39 is 11.8 Å². The van der Waals surface area contributed by atoms with Gasteiger partial charge in [0.2, 0.25) is 0 Å². The fraction of sp³-hybridized carbons (Fsp3) is 0.438. The summed E-state index contributed by atoms with van der Waals surface area (Å²) in [4.78, 5) is 10.5. The van der Waals surface area contributed by atoms with Gasteiger partial charge in [0.1, 0.15) is 5.82 Å². The van der Waals surface area contributed by atoms with Gasteiger partial charge in [-0.2, -0.15) is 0 Å². The lowest BCUT2D eigenvalue weighted by atomic mass is 10.1. The molecule has 0 amide bonds. The molecule has 0 aliphatic carbocycles. The van der Waals surface area contributed by atoms with Crippen molar-refractivity contribution in [2.75, 3.05) is 0 Å². The smallest absolute Gasteiger partial charge is 0.328 e. The molecule has 0 fully saturated rings. The average Bonchev–Trinajstić information content (AvgIpc) is 2.32. The molecule has 0 bridgehead atoms. The third kappa shape index (κ3) is 6.48. The molecular formula is C16H21FO3. The van der Waals surface area contributed by atoms with E-state index >= 15 is 0 Å². The number of ether oxygens (including phenoxy) is 1. The Morgan fingerprint density at radius 3 is 2.65 bits per heavy atom. The Morgan fingerprint density at radius 2 is 2.05 bits per heavy atom. The minimum Gasteiger partial charge on any atom is -0.478 e. The molecule has 1 N–H and O–H groups in total. The van der Waals surface area contributed by atoms with E-state index in [1.165, 1.54) is 18.2 Å². The number of carbonyl (C=O) groups is 1. The first-order valence-corrected chi connectivity index (χ1v) is 6.69. The van der Waals surface area contributed by atoms with Gasteiger partial charge in [0.25, 0.3) is 0 Å². The molecule has 4 heteroatoms. The molecule has 0 saturated carbocycles. The van der Waals surface area contributed by atoms with E-state index in [0.717, 1.165) is 12.5 Å². The number of hydrogen-bond acceptors (Lipinski definition) is 2. The van der Waals surface area contributed by atoms with Crippen LogP contribution in [0.4, 0.5) is 4.39 Å². The zero-order valence-corrected chi connectivity index (χ0v) is 12.1. The standard InChI is InChI=1S/C16H21FO3/c1-11(2)6-12(3)20-10-14-7-13(4-5-16(18)19)8-15(17)9-14/h4-5,7-9,11-12H,6,10H2,1-3H3,(H,18,19). The first-order chi connectivity index (χ1) is 9.36. The Balaban J connectivity index is 2.68. The minimum absolute atomic E-state index is 0.108. The van der Waals surface area contributed by atoms with Crippen LogP contribution in [0, 0.1) is 11.7 Å². The van der Waals surface area contributed by atoms with Crippen LogP contribution < -0.4 is 0 Å². The molecule has 0 aromatic heterocycles. The summed E-state index contributed by atoms with van der Waals surface area (Å²) >= 11 is 0. The highest BCUT2D eigenvalue weighted by Gasteiger charge is 2.06. The topological polar surface area (TPSA) is 46.5 Å². The second-order valence-electron chi connectivity index (χ2n) is 5.32. The molecule has 1 atom stereocenters. The first-order valence-electron chi connectivity index (χ1n) is 6.69. The molecule has 20 heavy (non-hydrogen) atoms. The van der Waals surface area contributed by atoms with E-state index in [1.807, 2.05) is 6.92 Å². The number of halogens is 1. The van der Waals surface area contributed by atoms with Gasteiger partial charge in [-0.1, -0.05) is 13.8 Å². The van der Waals surface area contributed by atoms with Gasteiger partial charge in [0.05, 0.1) is 12.7 Å². The highest BCUT2D eigenvalue weighted by Crippen LogP contribution is 2.14. The maximum Gasteiger partial charge on any atom is 0.328 e. The molecule has 1 aromatic carbocycles. The van der Waals surface area contributed by atoms with Crippen molar-refractivity contribution in [3.05, 3.63) is 41.2 Å². The summed E-state index contributed by atoms with van der Waals surface area (Å²) < 4.78 is 19.1. The quantitative estimate of drug-likeness (QED) is 0.771. The summed E-state index contributed by atoms with van der Waals surface area (Å²) in [5.41, 5.74) is 1.22. The van der Waals surface area contributed by atoms with E-state index in [9.17, 15) is 9.18 Å². The van der Waals surface area contributed by atoms with Crippen LogP contribution in [-0.4, -0.2) is 17.2 Å². The van der Waals surface area contributed by atoms with Crippen LogP contribution in [0.25, 0.3) is 6.08 Å². The second kappa shape index (κ2) is 7.80. The molecule has 110 valence electrons. The van der Waals surface area contributed by atoms with Gasteiger partial charge in [-0.15, -0.1) is 0 Å². The number of hydrogen-bond donors (Lipinski definition) is 1. The second-order valence-corrected chi connectivity index (χ2v) is 5.32. The molecule has 0 aliphatic heterocycles. The van der Waals surface area contributed by atoms with Crippen LogP contribution in [-0.2, 0) is 16.1 Å². The molecule has 1 aromatic rings. The summed E-state index contributed by atoms with van der Waals surface area (Å²) in [6.45, 7) is 6.55. The molecule has 0 heterocycles. The SMILES string of the molecule is CC(C)CC(C)OCc1cc(F)cc(C=CC(=O)O)c1. The van der Waals surface area contributed by atoms with Crippen LogP contribution in [0.5, 0.6) is 0 Å². The van der Waals surface area contributed by atoms with E-state index in [4.69, 9.17) is 9.84 Å². The van der Waals surface area contributed by atoms with E-state index in [1.54, 1.807) is 6.07 Å². The van der Waals surface area contributed by atoms with Crippen molar-refractivity contribution < 1.29 is 19.0 Å². The molecule has 0 spiro atoms. The normalized spacial score (nSPS) is 13.1. The molecular weight excluding hydrogens is 259 g/mol. The molecule has 1 rings (SSSR count). The van der Waals surface area contributed by atoms with Crippen molar-refractivity contribution in [3.63, 3.8) is 0 Å². The largest absolute Gasteiger partial charge is 0.478 e. The van der Waals surface area contributed by atoms with Gasteiger partial charge in [-0.25, -0.2) is 9.18 Å². The van der Waals surface area contributed by atoms with Crippen molar-refractivity contribution in [1.29, 1.82) is 0 Å². The summed E-state index contributed by atoms with van der Waals surface area (Å²) in [6.07, 6.45) is 3.41. The number of rotatable bonds is 7. The van der Waals surface area contributed by atoms with Gasteiger partial charge in [0.15, 0.2) is 0 Å². The molecule has 0 radical (unpaired) electrons. The molecule has 0 aliphatic rings. The van der Waals surface area contributed by atoms with E-state index in [-0.39, 0.29) is 6.10 Å². The molecule has 3 nitrogen and oxygen atoms in total. The van der Waals surface area contributed by atoms with Crippen molar-refractivity contribution in [3.8, 4) is 0 Å². The van der Waals surface area contributed by atoms with Crippen LogP contribution in [0.3, 0.4) is 0 Å². The lowest BCUT2D eigenvalue weighted by Gasteiger charge is -2.15. The van der Waals surface area contributed by atoms with Gasteiger partial charge in [-0.05, 0) is 54.7 Å². The van der Waals surface area contributed by atoms with Crippen LogP contribution in [0.15, 0.2) is 24.3 Å². The predicted octanol–water partition coefficient (Wildman–Crippen LogP) is 3.87. The van der Waals surface area contributed by atoms with Crippen molar-refractivity contribution in [1.82, 2.24) is 0 Å². The Kier molecular flexibility index (Phi) is 6.39. The lowest BCUT2D eigenvalue weighted by molar-refractivity contribution is -0.131. The van der Waals surface area contributed by atoms with E-state index in [2.05, 4.69) is 13.8 Å². The maximum atomic E-state index is 13.4. The van der Waals surface area contributed by atoms with Gasteiger partial charge >= 0.3 is 5.97 Å². The van der Waals surface area contributed by atoms with Gasteiger partial charge in [0, 0.05) is 6.08 Å². The van der Waals surface area contributed by atoms with Crippen molar-refractivity contribution in [2.24, 2.45) is 5.92 Å². The summed E-state index contributed by atoms with van der Waals surface area (Å²) in [7, 11) is 0. The monoisotopic (exact) mass is 280 g/mol. The van der Waals surface area contributed by atoms with Crippen molar-refractivity contribution >= 4 is 12.0 Å². The zero-order chi connectivity index (χ0) is 15.1. The third-order valence-electron chi connectivity index (χ3n) is 2.74. The van der Waals surface area contributed by atoms with Crippen LogP contribution in [0.2, 0.25) is 0 Å². The zero-order valence-electron chi connectivity index (χ0n) is 12.1. The number of carboxylic acids is 1. The van der Waals surface area contributed by atoms with Gasteiger partial charge in [-0.3, -0.25) is 0 Å². The molecule has 0 saturated heterocycles. The number of aliphatic carboxylic acids is 1. The highest BCUT2D eigenvalue weighted by molar-refractivity contribution is 5.85. The number of carboxylic acid groups (broad SMARTS) is 1. The van der Waals surface area contributed by atoms with Crippen molar-refractivity contribution in [2.45, 2.75) is 39.9 Å². The lowest BCUT2D eigenvalue weighted by Crippen LogP contribution is -2.11. The van der Waals surface area contributed by atoms with Crippen LogP contribution >= 0.6 is 0 Å². The average molecular weight is 280 g/mol. The Labute approximate surface area is 119 Å². The minimum atomic E-state index is -1.06. The van der Waals surface area contributed by atoms with Gasteiger partial charge < -0.3 is 9.84 Å². The van der Waals surface area contributed by atoms with E-state index in [0.29, 0.717) is 23.7 Å². The maximum absolute atomic E-state index is 13.4.